The number of rotatable bonds is 16. The fourth-order valence-corrected chi connectivity index (χ4v) is 17.4. The molecule has 0 amide bonds. The van der Waals surface area contributed by atoms with Gasteiger partial charge in [0.05, 0.1) is 51.6 Å². The Morgan fingerprint density at radius 1 is 0.266 bits per heavy atom. The summed E-state index contributed by atoms with van der Waals surface area (Å²) < 4.78 is 58.6. The molecule has 2 heterocycles. The third-order valence-electron chi connectivity index (χ3n) is 22.9. The van der Waals surface area contributed by atoms with Crippen LogP contribution in [0.25, 0.3) is 131 Å². The van der Waals surface area contributed by atoms with Crippen molar-refractivity contribution in [3.63, 3.8) is 0 Å². The molecule has 0 radical (unpaired) electrons. The fraction of sp³-hybridized carbons (Fsp3) is 0.0265. The van der Waals surface area contributed by atoms with E-state index in [9.17, 15) is 27.2 Å². The molecule has 10 nitrogen and oxygen atoms in total. The van der Waals surface area contributed by atoms with Crippen LogP contribution in [-0.2, 0) is 29.7 Å². The molecule has 22 aromatic rings. The van der Waals surface area contributed by atoms with Crippen molar-refractivity contribution >= 4 is 188 Å². The number of nitrogens with zero attached hydrogens (tertiary/aromatic N) is 8. The van der Waals surface area contributed by atoms with Gasteiger partial charge in [0, 0.05) is 102 Å². The number of hydrogen-bond acceptors (Lipinski definition) is 10. The topological polar surface area (TPSA) is 98.7 Å². The van der Waals surface area contributed by atoms with E-state index in [0.717, 1.165) is 167 Å². The van der Waals surface area contributed by atoms with Gasteiger partial charge in [0.1, 0.15) is 34.8 Å². The zero-order valence-electron chi connectivity index (χ0n) is 69.1. The molecular formula is C113H74F4IrN8O2+. The first kappa shape index (κ1) is 81.7. The van der Waals surface area contributed by atoms with Crippen molar-refractivity contribution in [1.29, 1.82) is 0 Å². The summed E-state index contributed by atoms with van der Waals surface area (Å²) in [6.07, 6.45) is 3.27. The Labute approximate surface area is 748 Å². The SMILES string of the molecule is CC(=O)CC(C)=O.Fc1cc(F)cc(-c2cnc3c4[c-]c(N(c5ccccc5)c5cccc6ccccc56)ccc4c4ccc(N(c5ccccc5)c5cccc6ccccc56)cc4c3n2)c1.Fc1cc(F)cc(-c2cnc3c4[c-]c(N(c5ccccc5)c5cccc6ccccc56)ccc4c4ccc(N(c5ccccc5)c5cccc6ccccc56)cc4c3n2)c1.[Ir+3]. The zero-order chi connectivity index (χ0) is 86.2. The first-order valence-corrected chi connectivity index (χ1v) is 41.7. The van der Waals surface area contributed by atoms with Gasteiger partial charge in [-0.05, 0) is 179 Å². The van der Waals surface area contributed by atoms with Crippen LogP contribution in [0.5, 0.6) is 0 Å². The molecule has 0 aliphatic heterocycles. The van der Waals surface area contributed by atoms with E-state index < -0.39 is 23.3 Å². The van der Waals surface area contributed by atoms with E-state index >= 15 is 0 Å². The van der Waals surface area contributed by atoms with E-state index in [1.807, 2.05) is 72.8 Å². The van der Waals surface area contributed by atoms with Crippen molar-refractivity contribution in [3.8, 4) is 22.5 Å². The van der Waals surface area contributed by atoms with Gasteiger partial charge in [-0.1, -0.05) is 252 Å². The summed E-state index contributed by atoms with van der Waals surface area (Å²) in [5.74, 6) is -2.85. The van der Waals surface area contributed by atoms with Crippen LogP contribution in [0.1, 0.15) is 20.3 Å². The van der Waals surface area contributed by atoms with E-state index in [2.05, 4.69) is 311 Å². The Morgan fingerprint density at radius 2 is 0.547 bits per heavy atom. The Morgan fingerprint density at radius 3 is 0.859 bits per heavy atom. The summed E-state index contributed by atoms with van der Waals surface area (Å²) in [5.41, 5.74) is 15.3. The number of anilines is 12. The minimum absolute atomic E-state index is 0. The van der Waals surface area contributed by atoms with E-state index in [1.54, 1.807) is 12.4 Å². The third kappa shape index (κ3) is 16.0. The van der Waals surface area contributed by atoms with E-state index in [4.69, 9.17) is 19.9 Å². The van der Waals surface area contributed by atoms with Gasteiger partial charge in [-0.15, -0.1) is 47.2 Å². The molecule has 0 fully saturated rings. The predicted molar refractivity (Wildman–Crippen MR) is 512 cm³/mol. The Kier molecular flexibility index (Phi) is 22.6. The van der Waals surface area contributed by atoms with Crippen molar-refractivity contribution in [1.82, 2.24) is 19.9 Å². The second-order valence-electron chi connectivity index (χ2n) is 31.2. The van der Waals surface area contributed by atoms with Gasteiger partial charge in [-0.2, -0.15) is 0 Å². The van der Waals surface area contributed by atoms with Crippen LogP contribution >= 0.6 is 0 Å². The molecule has 22 rings (SSSR count). The molecule has 0 unspecified atom stereocenters. The zero-order valence-corrected chi connectivity index (χ0v) is 71.4. The minimum Gasteiger partial charge on any atom is -0.328 e. The molecule has 128 heavy (non-hydrogen) atoms. The second-order valence-corrected chi connectivity index (χ2v) is 31.2. The van der Waals surface area contributed by atoms with E-state index in [0.29, 0.717) is 44.6 Å². The number of para-hydroxylation sites is 4. The summed E-state index contributed by atoms with van der Waals surface area (Å²) >= 11 is 0. The molecule has 2 aromatic heterocycles. The number of carbonyl (C=O) groups excluding carboxylic acids is 2. The Balaban J connectivity index is 0.000000154. The summed E-state index contributed by atoms with van der Waals surface area (Å²) in [6.45, 7) is 2.81. The number of Topliss-reactive ketones (excluding diaryl/α,β-unsaturated/α-hetero) is 2. The number of fused-ring (bicyclic) bond motifs is 16. The molecule has 0 atom stereocenters. The Hall–Kier alpha value is -15.9. The van der Waals surface area contributed by atoms with Crippen LogP contribution in [0.4, 0.5) is 85.8 Å². The van der Waals surface area contributed by atoms with Gasteiger partial charge in [0.15, 0.2) is 0 Å². The fourth-order valence-electron chi connectivity index (χ4n) is 17.4. The monoisotopic (exact) mass is 1840 g/mol. The summed E-state index contributed by atoms with van der Waals surface area (Å²) in [4.78, 5) is 49.5. The first-order chi connectivity index (χ1) is 62.3. The molecule has 0 aliphatic carbocycles. The molecule has 0 bridgehead atoms. The van der Waals surface area contributed by atoms with Gasteiger partial charge in [-0.3, -0.25) is 19.6 Å². The summed E-state index contributed by atoms with van der Waals surface area (Å²) in [7, 11) is 0. The van der Waals surface area contributed by atoms with Crippen molar-refractivity contribution in [3.05, 3.63) is 436 Å². The average Bonchev–Trinajstić information content (AvgIpc) is 0.728. The molecule has 0 N–H and O–H groups in total. The first-order valence-electron chi connectivity index (χ1n) is 41.7. The summed E-state index contributed by atoms with van der Waals surface area (Å²) in [6, 6.07) is 136. The van der Waals surface area contributed by atoms with Crippen LogP contribution in [0.3, 0.4) is 0 Å². The smallest absolute Gasteiger partial charge is 0.328 e. The van der Waals surface area contributed by atoms with Crippen molar-refractivity contribution < 1.29 is 47.3 Å². The normalized spacial score (nSPS) is 11.2. The number of hydrogen-bond donors (Lipinski definition) is 0. The van der Waals surface area contributed by atoms with Crippen molar-refractivity contribution in [2.45, 2.75) is 20.3 Å². The third-order valence-corrected chi connectivity index (χ3v) is 22.9. The quantitative estimate of drug-likeness (QED) is 0.0402. The molecule has 0 saturated heterocycles. The Bertz CT molecular complexity index is 7520. The maximum absolute atomic E-state index is 14.7. The van der Waals surface area contributed by atoms with Crippen LogP contribution in [0.2, 0.25) is 0 Å². The van der Waals surface area contributed by atoms with Gasteiger partial charge in [0.25, 0.3) is 0 Å². The van der Waals surface area contributed by atoms with E-state index in [-0.39, 0.29) is 38.1 Å². The van der Waals surface area contributed by atoms with E-state index in [1.165, 1.54) is 38.1 Å². The number of carbonyl (C=O) groups is 2. The molecule has 0 saturated carbocycles. The maximum atomic E-state index is 14.7. The standard InChI is InChI=1S/2C54H33F2N4.C5H8O2.Ir/c2*55-38-29-37(30-39(56)31-38)50-34-57-53-48-32-42(59(40-17-3-1-4-18-40)51-23-11-15-35-13-7-9-21-44(35)51)25-27-46(48)47-28-26-43(33-49(47)54(53)58-50)60(41-19-5-2-6-20-41)52-24-12-16-36-14-8-10-22-45(36)52;1-4(6)3-5(2)7;/h2*1-31,33-34H;3H2,1-2H3;/q2*-1;;+3. The van der Waals surface area contributed by atoms with Crippen LogP contribution < -0.4 is 19.6 Å². The molecule has 614 valence electrons. The minimum atomic E-state index is -0.682. The van der Waals surface area contributed by atoms with Gasteiger partial charge in [0.2, 0.25) is 0 Å². The largest absolute Gasteiger partial charge is 3.00 e. The number of aromatic nitrogens is 4. The average molecular weight is 1840 g/mol. The number of halogens is 4. The number of ketones is 2. The molecule has 0 aliphatic rings. The molecule has 0 spiro atoms. The predicted octanol–water partition coefficient (Wildman–Crippen LogP) is 30.4. The van der Waals surface area contributed by atoms with Crippen LogP contribution in [0, 0.1) is 35.4 Å². The summed E-state index contributed by atoms with van der Waals surface area (Å²) in [5, 5.41) is 16.0. The van der Waals surface area contributed by atoms with Crippen molar-refractivity contribution in [2.24, 2.45) is 0 Å². The maximum Gasteiger partial charge on any atom is 3.00 e. The molecule has 20 aromatic carbocycles. The second kappa shape index (κ2) is 35.4. The van der Waals surface area contributed by atoms with Crippen LogP contribution in [-0.4, -0.2) is 31.5 Å². The van der Waals surface area contributed by atoms with Crippen LogP contribution in [0.15, 0.2) is 401 Å². The number of benzene rings is 20. The molecular weight excluding hydrogens is 1770 g/mol. The molecule has 15 heteroatoms. The van der Waals surface area contributed by atoms with Gasteiger partial charge in [-0.25, -0.2) is 17.6 Å². The van der Waals surface area contributed by atoms with Crippen molar-refractivity contribution in [2.75, 3.05) is 19.6 Å². The van der Waals surface area contributed by atoms with Gasteiger partial charge < -0.3 is 29.6 Å². The van der Waals surface area contributed by atoms with Gasteiger partial charge >= 0.3 is 20.1 Å².